The van der Waals surface area contributed by atoms with Crippen LogP contribution >= 0.6 is 0 Å². The number of benzene rings is 1. The fourth-order valence-corrected chi connectivity index (χ4v) is 3.19. The van der Waals surface area contributed by atoms with E-state index in [0.717, 1.165) is 24.8 Å². The summed E-state index contributed by atoms with van der Waals surface area (Å²) in [6.07, 6.45) is -2.75. The Balaban J connectivity index is 1.36. The summed E-state index contributed by atoms with van der Waals surface area (Å²) in [6, 6.07) is 10.9. The van der Waals surface area contributed by atoms with E-state index in [2.05, 4.69) is 10.1 Å². The third-order valence-corrected chi connectivity index (χ3v) is 4.62. The molecule has 1 fully saturated rings. The van der Waals surface area contributed by atoms with Gasteiger partial charge in [-0.05, 0) is 30.3 Å². The number of furan rings is 1. The molecule has 27 heavy (non-hydrogen) atoms. The van der Waals surface area contributed by atoms with Gasteiger partial charge in [-0.3, -0.25) is 4.90 Å². The van der Waals surface area contributed by atoms with Crippen molar-refractivity contribution >= 4 is 5.69 Å². The van der Waals surface area contributed by atoms with Crippen LogP contribution in [0.25, 0.3) is 11.5 Å². The quantitative estimate of drug-likeness (QED) is 0.679. The van der Waals surface area contributed by atoms with Crippen molar-refractivity contribution in [1.82, 2.24) is 10.1 Å². The molecular weight excluding hydrogens is 359 g/mol. The second-order valence-electron chi connectivity index (χ2n) is 6.47. The summed E-state index contributed by atoms with van der Waals surface area (Å²) >= 11 is 0. The van der Waals surface area contributed by atoms with Crippen LogP contribution in [0.5, 0.6) is 0 Å². The summed E-state index contributed by atoms with van der Waals surface area (Å²) in [4.78, 5) is 4.18. The Bertz CT molecular complexity index is 882. The van der Waals surface area contributed by atoms with Crippen LogP contribution in [0.1, 0.15) is 11.3 Å². The van der Waals surface area contributed by atoms with Crippen molar-refractivity contribution in [3.8, 4) is 11.5 Å². The molecule has 0 bridgehead atoms. The molecule has 2 aromatic heterocycles. The zero-order valence-electron chi connectivity index (χ0n) is 14.4. The van der Waals surface area contributed by atoms with Crippen molar-refractivity contribution in [3.63, 3.8) is 0 Å². The van der Waals surface area contributed by atoms with Gasteiger partial charge in [-0.25, -0.2) is 0 Å². The summed E-state index contributed by atoms with van der Waals surface area (Å²) in [6.45, 7) is 3.41. The summed E-state index contributed by atoms with van der Waals surface area (Å²) in [7, 11) is 0. The number of hydrogen-bond acceptors (Lipinski definition) is 5. The third-order valence-electron chi connectivity index (χ3n) is 4.62. The van der Waals surface area contributed by atoms with E-state index >= 15 is 0 Å². The summed E-state index contributed by atoms with van der Waals surface area (Å²) in [5.41, 5.74) is 0.787. The highest BCUT2D eigenvalue weighted by molar-refractivity contribution is 5.50. The summed E-state index contributed by atoms with van der Waals surface area (Å²) in [5.74, 6) is 1.21. The summed E-state index contributed by atoms with van der Waals surface area (Å²) < 4.78 is 49.3. The van der Waals surface area contributed by atoms with Gasteiger partial charge in [0.2, 0.25) is 5.76 Å². The van der Waals surface area contributed by atoms with Gasteiger partial charge < -0.3 is 13.8 Å². The maximum absolute atomic E-state index is 12.9. The van der Waals surface area contributed by atoms with E-state index in [1.165, 1.54) is 12.1 Å². The van der Waals surface area contributed by atoms with Gasteiger partial charge in [0, 0.05) is 44.5 Å². The first-order chi connectivity index (χ1) is 13.0. The maximum Gasteiger partial charge on any atom is 0.416 e. The Morgan fingerprint density at radius 3 is 2.48 bits per heavy atom. The van der Waals surface area contributed by atoms with Crippen molar-refractivity contribution in [1.29, 1.82) is 0 Å². The van der Waals surface area contributed by atoms with Gasteiger partial charge in [-0.2, -0.15) is 13.2 Å². The second kappa shape index (κ2) is 7.11. The molecule has 0 aliphatic carbocycles. The van der Waals surface area contributed by atoms with Crippen LogP contribution in [0.3, 0.4) is 0 Å². The zero-order valence-corrected chi connectivity index (χ0v) is 14.4. The topological polar surface area (TPSA) is 45.7 Å². The number of hydrogen-bond donors (Lipinski definition) is 0. The minimum Gasteiger partial charge on any atom is -0.461 e. The number of piperazine rings is 1. The summed E-state index contributed by atoms with van der Waals surface area (Å²) in [5, 5.41) is 4.07. The molecule has 0 unspecified atom stereocenters. The molecule has 142 valence electrons. The highest BCUT2D eigenvalue weighted by Crippen LogP contribution is 2.32. The van der Waals surface area contributed by atoms with Gasteiger partial charge in [0.25, 0.3) is 0 Å². The molecule has 1 aliphatic heterocycles. The van der Waals surface area contributed by atoms with Crippen LogP contribution in [-0.2, 0) is 12.7 Å². The van der Waals surface area contributed by atoms with Crippen molar-refractivity contribution in [2.45, 2.75) is 12.7 Å². The molecule has 3 aromatic rings. The first kappa shape index (κ1) is 17.7. The van der Waals surface area contributed by atoms with E-state index < -0.39 is 11.7 Å². The molecule has 0 spiro atoms. The molecule has 0 N–H and O–H groups in total. The first-order valence-electron chi connectivity index (χ1n) is 8.63. The van der Waals surface area contributed by atoms with E-state index in [1.807, 2.05) is 11.0 Å². The number of nitrogens with zero attached hydrogens (tertiary/aromatic N) is 3. The lowest BCUT2D eigenvalue weighted by Gasteiger charge is -2.35. The van der Waals surface area contributed by atoms with E-state index in [1.54, 1.807) is 24.5 Å². The van der Waals surface area contributed by atoms with Crippen LogP contribution in [0.15, 0.2) is 57.7 Å². The van der Waals surface area contributed by atoms with Gasteiger partial charge in [0.05, 0.1) is 17.5 Å². The SMILES string of the molecule is FC(F)(F)c1cccc(N2CCN(Cc3cc(-c4ccco4)on3)CC2)c1. The Kier molecular flexibility index (Phi) is 4.65. The average Bonchev–Trinajstić information content (AvgIpc) is 3.33. The van der Waals surface area contributed by atoms with E-state index in [0.29, 0.717) is 36.8 Å². The molecule has 8 heteroatoms. The lowest BCUT2D eigenvalue weighted by molar-refractivity contribution is -0.137. The molecule has 0 amide bonds. The van der Waals surface area contributed by atoms with Gasteiger partial charge in [-0.1, -0.05) is 11.2 Å². The fourth-order valence-electron chi connectivity index (χ4n) is 3.19. The van der Waals surface area contributed by atoms with Crippen molar-refractivity contribution < 1.29 is 22.1 Å². The minimum absolute atomic E-state index is 0.581. The molecule has 0 saturated carbocycles. The smallest absolute Gasteiger partial charge is 0.416 e. The molecule has 0 atom stereocenters. The van der Waals surface area contributed by atoms with Crippen LogP contribution < -0.4 is 4.90 Å². The molecule has 0 radical (unpaired) electrons. The Morgan fingerprint density at radius 2 is 1.78 bits per heavy atom. The zero-order chi connectivity index (χ0) is 18.9. The van der Waals surface area contributed by atoms with Gasteiger partial charge in [-0.15, -0.1) is 0 Å². The molecule has 1 aliphatic rings. The van der Waals surface area contributed by atoms with Gasteiger partial charge in [0.15, 0.2) is 5.76 Å². The van der Waals surface area contributed by atoms with Crippen molar-refractivity contribution in [2.24, 2.45) is 0 Å². The number of anilines is 1. The molecular formula is C19H18F3N3O2. The second-order valence-corrected chi connectivity index (χ2v) is 6.47. The minimum atomic E-state index is -4.32. The number of alkyl halides is 3. The van der Waals surface area contributed by atoms with Crippen LogP contribution in [0.4, 0.5) is 18.9 Å². The van der Waals surface area contributed by atoms with E-state index in [-0.39, 0.29) is 0 Å². The fraction of sp³-hybridized carbons (Fsp3) is 0.316. The molecule has 1 aromatic carbocycles. The Hall–Kier alpha value is -2.74. The first-order valence-corrected chi connectivity index (χ1v) is 8.63. The number of halogens is 3. The molecule has 1 saturated heterocycles. The maximum atomic E-state index is 12.9. The monoisotopic (exact) mass is 377 g/mol. The normalized spacial score (nSPS) is 16.0. The predicted molar refractivity (Wildman–Crippen MR) is 93.1 cm³/mol. The Morgan fingerprint density at radius 1 is 0.963 bits per heavy atom. The lowest BCUT2D eigenvalue weighted by Crippen LogP contribution is -2.46. The van der Waals surface area contributed by atoms with Gasteiger partial charge in [0.1, 0.15) is 0 Å². The van der Waals surface area contributed by atoms with Crippen LogP contribution in [-0.4, -0.2) is 36.2 Å². The highest BCUT2D eigenvalue weighted by Gasteiger charge is 2.31. The van der Waals surface area contributed by atoms with Crippen molar-refractivity contribution in [3.05, 3.63) is 60.0 Å². The van der Waals surface area contributed by atoms with Crippen molar-refractivity contribution in [2.75, 3.05) is 31.1 Å². The third kappa shape index (κ3) is 4.00. The molecule has 4 rings (SSSR count). The standard InChI is InChI=1S/C19H18F3N3O2/c20-19(21,22)14-3-1-4-16(11-14)25-8-6-24(7-9-25)13-15-12-18(27-23-15)17-5-2-10-26-17/h1-5,10-12H,6-9,13H2. The lowest BCUT2D eigenvalue weighted by atomic mass is 10.1. The number of rotatable bonds is 4. The predicted octanol–water partition coefficient (Wildman–Crippen LogP) is 4.28. The largest absolute Gasteiger partial charge is 0.461 e. The van der Waals surface area contributed by atoms with Gasteiger partial charge >= 0.3 is 6.18 Å². The average molecular weight is 377 g/mol. The molecule has 3 heterocycles. The number of aromatic nitrogens is 1. The Labute approximate surface area is 154 Å². The van der Waals surface area contributed by atoms with Crippen LogP contribution in [0.2, 0.25) is 0 Å². The van der Waals surface area contributed by atoms with E-state index in [9.17, 15) is 13.2 Å². The van der Waals surface area contributed by atoms with E-state index in [4.69, 9.17) is 8.94 Å². The molecule has 5 nitrogen and oxygen atoms in total. The highest BCUT2D eigenvalue weighted by atomic mass is 19.4. The van der Waals surface area contributed by atoms with Crippen LogP contribution in [0, 0.1) is 0 Å².